The van der Waals surface area contributed by atoms with Gasteiger partial charge in [-0.05, 0) is 47.8 Å². The molecule has 1 aromatic carbocycles. The minimum Gasteiger partial charge on any atom is -0.338 e. The summed E-state index contributed by atoms with van der Waals surface area (Å²) in [6.07, 6.45) is 6.96. The van der Waals surface area contributed by atoms with Crippen molar-refractivity contribution in [3.8, 4) is 33.0 Å². The van der Waals surface area contributed by atoms with Crippen LogP contribution < -0.4 is 5.32 Å². The number of nitrogens with one attached hydrogen (secondary N) is 3. The van der Waals surface area contributed by atoms with E-state index in [2.05, 4.69) is 53.0 Å². The van der Waals surface area contributed by atoms with Crippen molar-refractivity contribution < 1.29 is 4.79 Å². The summed E-state index contributed by atoms with van der Waals surface area (Å²) in [6.45, 7) is 0. The average Bonchev–Trinajstić information content (AvgIpc) is 3.73. The van der Waals surface area contributed by atoms with Crippen molar-refractivity contribution in [2.45, 2.75) is 0 Å². The highest BCUT2D eigenvalue weighted by molar-refractivity contribution is 7.13. The molecule has 1 amide bonds. The number of pyridine rings is 3. The van der Waals surface area contributed by atoms with Crippen molar-refractivity contribution in [2.24, 2.45) is 0 Å². The van der Waals surface area contributed by atoms with E-state index < -0.39 is 0 Å². The zero-order chi connectivity index (χ0) is 25.5. The molecule has 7 aromatic rings. The minimum absolute atomic E-state index is 0.190. The zero-order valence-corrected chi connectivity index (χ0v) is 20.7. The standard InChI is InChI=1S/C29H19N7OS/c37-29(17-5-2-1-3-6-17)33-20-11-18(14-30-16-20)19-12-23-26(35-36-28(23)32-15-19)24-13-22-21(25-7-4-10-38-25)8-9-31-27(22)34-24/h1-16H,(H,31,34)(H,33,37)(H,32,35,36). The average molecular weight is 514 g/mol. The third-order valence-corrected chi connectivity index (χ3v) is 7.26. The molecule has 7 rings (SSSR count). The number of fused-ring (bicyclic) bond motifs is 2. The van der Waals surface area contributed by atoms with E-state index in [9.17, 15) is 4.79 Å². The summed E-state index contributed by atoms with van der Waals surface area (Å²) in [4.78, 5) is 30.7. The van der Waals surface area contributed by atoms with Crippen molar-refractivity contribution in [2.75, 3.05) is 5.32 Å². The van der Waals surface area contributed by atoms with Crippen LogP contribution in [0.2, 0.25) is 0 Å². The number of aromatic amines is 2. The first-order valence-electron chi connectivity index (χ1n) is 11.9. The Kier molecular flexibility index (Phi) is 5.26. The van der Waals surface area contributed by atoms with Gasteiger partial charge in [-0.3, -0.25) is 14.9 Å². The molecule has 8 nitrogen and oxygen atoms in total. The van der Waals surface area contributed by atoms with Gasteiger partial charge in [-0.2, -0.15) is 5.10 Å². The van der Waals surface area contributed by atoms with E-state index in [-0.39, 0.29) is 5.91 Å². The number of hydrogen-bond donors (Lipinski definition) is 3. The van der Waals surface area contributed by atoms with E-state index in [4.69, 9.17) is 0 Å². The van der Waals surface area contributed by atoms with Gasteiger partial charge >= 0.3 is 0 Å². The van der Waals surface area contributed by atoms with Gasteiger partial charge in [0.2, 0.25) is 0 Å². The van der Waals surface area contributed by atoms with Crippen LogP contribution in [0.5, 0.6) is 0 Å². The highest BCUT2D eigenvalue weighted by atomic mass is 32.1. The second-order valence-corrected chi connectivity index (χ2v) is 9.70. The number of thiophene rings is 1. The Labute approximate surface area is 220 Å². The molecule has 6 heterocycles. The van der Waals surface area contributed by atoms with E-state index in [0.29, 0.717) is 16.9 Å². The predicted octanol–water partition coefficient (Wildman–Crippen LogP) is 6.54. The van der Waals surface area contributed by atoms with Gasteiger partial charge < -0.3 is 10.3 Å². The summed E-state index contributed by atoms with van der Waals surface area (Å²) in [6, 6.07) is 21.3. The van der Waals surface area contributed by atoms with Crippen molar-refractivity contribution in [1.82, 2.24) is 30.1 Å². The number of H-pyrrole nitrogens is 2. The molecule has 9 heteroatoms. The molecule has 0 radical (unpaired) electrons. The molecule has 0 aliphatic heterocycles. The highest BCUT2D eigenvalue weighted by Crippen LogP contribution is 2.35. The molecule has 0 fully saturated rings. The van der Waals surface area contributed by atoms with Crippen LogP contribution in [-0.4, -0.2) is 36.0 Å². The van der Waals surface area contributed by atoms with Crippen LogP contribution in [0, 0.1) is 0 Å². The lowest BCUT2D eigenvalue weighted by atomic mass is 10.1. The Morgan fingerprint density at radius 1 is 0.842 bits per heavy atom. The first-order chi connectivity index (χ1) is 18.7. The first kappa shape index (κ1) is 22.1. The Balaban J connectivity index is 1.25. The van der Waals surface area contributed by atoms with Gasteiger partial charge in [-0.15, -0.1) is 11.3 Å². The minimum atomic E-state index is -0.190. The number of amides is 1. The van der Waals surface area contributed by atoms with E-state index in [1.807, 2.05) is 48.7 Å². The number of nitrogens with zero attached hydrogens (tertiary/aromatic N) is 4. The number of aromatic nitrogens is 6. The van der Waals surface area contributed by atoms with Crippen molar-refractivity contribution in [3.05, 3.63) is 102 Å². The van der Waals surface area contributed by atoms with Crippen LogP contribution in [0.3, 0.4) is 0 Å². The third kappa shape index (κ3) is 3.91. The summed E-state index contributed by atoms with van der Waals surface area (Å²) in [5.41, 5.74) is 7.09. The van der Waals surface area contributed by atoms with Crippen LogP contribution in [0.4, 0.5) is 5.69 Å². The van der Waals surface area contributed by atoms with Crippen molar-refractivity contribution in [1.29, 1.82) is 0 Å². The van der Waals surface area contributed by atoms with Crippen LogP contribution >= 0.6 is 11.3 Å². The number of hydrogen-bond acceptors (Lipinski definition) is 6. The van der Waals surface area contributed by atoms with Crippen molar-refractivity contribution in [3.63, 3.8) is 0 Å². The smallest absolute Gasteiger partial charge is 0.255 e. The largest absolute Gasteiger partial charge is 0.338 e. The molecule has 0 saturated heterocycles. The molecule has 38 heavy (non-hydrogen) atoms. The number of benzene rings is 1. The Morgan fingerprint density at radius 2 is 1.74 bits per heavy atom. The number of rotatable bonds is 5. The summed E-state index contributed by atoms with van der Waals surface area (Å²) in [5, 5.41) is 14.5. The molecule has 182 valence electrons. The fourth-order valence-electron chi connectivity index (χ4n) is 4.53. The van der Waals surface area contributed by atoms with Gasteiger partial charge in [0.15, 0.2) is 5.65 Å². The monoisotopic (exact) mass is 513 g/mol. The number of anilines is 1. The van der Waals surface area contributed by atoms with E-state index in [1.54, 1.807) is 42.1 Å². The first-order valence-corrected chi connectivity index (χ1v) is 12.8. The maximum Gasteiger partial charge on any atom is 0.255 e. The van der Waals surface area contributed by atoms with Crippen molar-refractivity contribution >= 4 is 45.0 Å². The second-order valence-electron chi connectivity index (χ2n) is 8.76. The molecular formula is C29H19N7OS. The summed E-state index contributed by atoms with van der Waals surface area (Å²) in [7, 11) is 0. The SMILES string of the molecule is O=C(Nc1cncc(-c2cnc3[nH]nc(-c4cc5c(-c6cccs6)ccnc5[nH]4)c3c2)c1)c1ccccc1. The number of carbonyl (C=O) groups is 1. The lowest BCUT2D eigenvalue weighted by Crippen LogP contribution is -2.11. The van der Waals surface area contributed by atoms with E-state index in [0.717, 1.165) is 44.5 Å². The fraction of sp³-hybridized carbons (Fsp3) is 0. The van der Waals surface area contributed by atoms with Gasteiger partial charge in [0.1, 0.15) is 11.3 Å². The molecule has 0 aliphatic carbocycles. The predicted molar refractivity (Wildman–Crippen MR) is 150 cm³/mol. The maximum atomic E-state index is 12.6. The number of carbonyl (C=O) groups excluding carboxylic acids is 1. The lowest BCUT2D eigenvalue weighted by molar-refractivity contribution is 0.102. The van der Waals surface area contributed by atoms with Gasteiger partial charge in [-0.1, -0.05) is 24.3 Å². The van der Waals surface area contributed by atoms with E-state index >= 15 is 0 Å². The quantitative estimate of drug-likeness (QED) is 0.242. The normalized spacial score (nSPS) is 11.3. The molecule has 0 saturated carbocycles. The third-order valence-electron chi connectivity index (χ3n) is 6.36. The Bertz CT molecular complexity index is 1920. The van der Waals surface area contributed by atoms with Gasteiger partial charge in [0.25, 0.3) is 5.91 Å². The fourth-order valence-corrected chi connectivity index (χ4v) is 5.29. The maximum absolute atomic E-state index is 12.6. The Hall–Kier alpha value is -5.15. The second kappa shape index (κ2) is 9.06. The Morgan fingerprint density at radius 3 is 2.61 bits per heavy atom. The summed E-state index contributed by atoms with van der Waals surface area (Å²) in [5.74, 6) is -0.190. The van der Waals surface area contributed by atoms with Gasteiger partial charge in [0.05, 0.1) is 17.6 Å². The van der Waals surface area contributed by atoms with Crippen LogP contribution in [-0.2, 0) is 0 Å². The molecule has 0 unspecified atom stereocenters. The lowest BCUT2D eigenvalue weighted by Gasteiger charge is -2.07. The molecule has 0 spiro atoms. The topological polar surface area (TPSA) is 112 Å². The van der Waals surface area contributed by atoms with Gasteiger partial charge in [-0.25, -0.2) is 9.97 Å². The summed E-state index contributed by atoms with van der Waals surface area (Å²) >= 11 is 1.70. The molecular weight excluding hydrogens is 494 g/mol. The van der Waals surface area contributed by atoms with Gasteiger partial charge in [0, 0.05) is 56.5 Å². The molecule has 0 aliphatic rings. The van der Waals surface area contributed by atoms with Crippen LogP contribution in [0.1, 0.15) is 10.4 Å². The molecule has 6 aromatic heterocycles. The molecule has 0 bridgehead atoms. The van der Waals surface area contributed by atoms with Crippen LogP contribution in [0.25, 0.3) is 55.0 Å². The van der Waals surface area contributed by atoms with E-state index in [1.165, 1.54) is 4.88 Å². The molecule has 0 atom stereocenters. The summed E-state index contributed by atoms with van der Waals surface area (Å²) < 4.78 is 0. The molecule has 3 N–H and O–H groups in total. The highest BCUT2D eigenvalue weighted by Gasteiger charge is 2.16. The van der Waals surface area contributed by atoms with Crippen LogP contribution in [0.15, 0.2) is 96.9 Å². The zero-order valence-electron chi connectivity index (χ0n) is 19.8.